The van der Waals surface area contributed by atoms with Crippen LogP contribution >= 0.6 is 0 Å². The van der Waals surface area contributed by atoms with Crippen LogP contribution in [0.5, 0.6) is 0 Å². The number of rotatable bonds is 3. The minimum Gasteiger partial charge on any atom is -0.473 e. The van der Waals surface area contributed by atoms with Crippen LogP contribution in [0.15, 0.2) is 55.0 Å². The van der Waals surface area contributed by atoms with E-state index in [1.54, 1.807) is 0 Å². The zero-order chi connectivity index (χ0) is 24.1. The van der Waals surface area contributed by atoms with Gasteiger partial charge in [0.2, 0.25) is 0 Å². The first-order valence-electron chi connectivity index (χ1n) is 11.3. The molecule has 0 bridgehead atoms. The van der Waals surface area contributed by atoms with Gasteiger partial charge in [0.25, 0.3) is 0 Å². The highest BCUT2D eigenvalue weighted by molar-refractivity contribution is 6.27. The summed E-state index contributed by atoms with van der Waals surface area (Å²) >= 11 is 0. The molecular weight excluding hydrogens is 436 g/mol. The van der Waals surface area contributed by atoms with Gasteiger partial charge in [-0.2, -0.15) is 0 Å². The van der Waals surface area contributed by atoms with Gasteiger partial charge in [-0.05, 0) is 49.6 Å². The Labute approximate surface area is 197 Å². The van der Waals surface area contributed by atoms with Gasteiger partial charge < -0.3 is 24.4 Å². The lowest BCUT2D eigenvalue weighted by atomic mass is 10.00. The summed E-state index contributed by atoms with van der Waals surface area (Å²) in [5.74, 6) is -2.62. The minimum atomic E-state index is -1.82. The van der Waals surface area contributed by atoms with Crippen LogP contribution in [-0.2, 0) is 27.3 Å². The first-order valence-corrected chi connectivity index (χ1v) is 11.3. The molecule has 0 amide bonds. The Morgan fingerprint density at radius 1 is 1.00 bits per heavy atom. The minimum absolute atomic E-state index is 0.109. The van der Waals surface area contributed by atoms with Crippen LogP contribution in [0.1, 0.15) is 35.9 Å². The second-order valence-corrected chi connectivity index (χ2v) is 8.49. The third-order valence-corrected chi connectivity index (χ3v) is 6.15. The predicted octanol–water partition coefficient (Wildman–Crippen LogP) is 2.86. The summed E-state index contributed by atoms with van der Waals surface area (Å²) in [5, 5.41) is 14.8. The third kappa shape index (κ3) is 5.49. The zero-order valence-electron chi connectivity index (χ0n) is 19.0. The van der Waals surface area contributed by atoms with E-state index in [4.69, 9.17) is 29.5 Å². The van der Waals surface area contributed by atoms with Crippen LogP contribution in [0.25, 0.3) is 11.3 Å². The Kier molecular flexibility index (Phi) is 7.34. The van der Waals surface area contributed by atoms with Crippen LogP contribution in [-0.4, -0.2) is 67.8 Å². The molecule has 1 unspecified atom stereocenters. The lowest BCUT2D eigenvalue weighted by Gasteiger charge is -2.32. The number of fused-ring (bicyclic) bond motifs is 2. The van der Waals surface area contributed by atoms with E-state index in [0.29, 0.717) is 0 Å². The van der Waals surface area contributed by atoms with E-state index in [-0.39, 0.29) is 12.2 Å². The van der Waals surface area contributed by atoms with Crippen molar-refractivity contribution >= 4 is 11.9 Å². The van der Waals surface area contributed by atoms with E-state index >= 15 is 0 Å². The Hall–Kier alpha value is -3.56. The van der Waals surface area contributed by atoms with Crippen molar-refractivity contribution in [2.45, 2.75) is 38.0 Å². The molecule has 5 rings (SSSR count). The number of carbonyl (C=O) groups is 2. The monoisotopic (exact) mass is 464 g/mol. The first-order chi connectivity index (χ1) is 16.4. The number of aromatic nitrogens is 3. The number of carboxylic acids is 2. The SMILES string of the molecule is CN1CCC(OC2c3ccccc3CCn3cc(-c4ccncc4)nc32)CC1.O=C(O)C(=O)O. The Balaban J connectivity index is 0.000000408. The zero-order valence-corrected chi connectivity index (χ0v) is 19.0. The number of hydrogen-bond acceptors (Lipinski definition) is 6. The van der Waals surface area contributed by atoms with E-state index < -0.39 is 11.9 Å². The molecule has 9 nitrogen and oxygen atoms in total. The molecule has 178 valence electrons. The topological polar surface area (TPSA) is 118 Å². The number of carboxylic acid groups (broad SMARTS) is 2. The summed E-state index contributed by atoms with van der Waals surface area (Å²) in [6, 6.07) is 12.7. The molecule has 1 saturated heterocycles. The average Bonchev–Trinajstić information content (AvgIpc) is 3.22. The number of piperidine rings is 1. The van der Waals surface area contributed by atoms with Crippen LogP contribution < -0.4 is 0 Å². The van der Waals surface area contributed by atoms with Crippen molar-refractivity contribution < 1.29 is 24.5 Å². The van der Waals surface area contributed by atoms with E-state index in [1.165, 1.54) is 11.1 Å². The number of hydrogen-bond donors (Lipinski definition) is 2. The van der Waals surface area contributed by atoms with Gasteiger partial charge in [0.05, 0.1) is 11.8 Å². The molecule has 0 aliphatic carbocycles. The molecule has 34 heavy (non-hydrogen) atoms. The molecule has 2 aliphatic rings. The number of benzene rings is 1. The van der Waals surface area contributed by atoms with Crippen molar-refractivity contribution in [2.75, 3.05) is 20.1 Å². The van der Waals surface area contributed by atoms with Gasteiger partial charge in [0.15, 0.2) is 0 Å². The highest BCUT2D eigenvalue weighted by atomic mass is 16.5. The lowest BCUT2D eigenvalue weighted by molar-refractivity contribution is -0.159. The molecule has 1 fully saturated rings. The fourth-order valence-electron chi connectivity index (χ4n) is 4.33. The van der Waals surface area contributed by atoms with E-state index in [9.17, 15) is 0 Å². The van der Waals surface area contributed by atoms with E-state index in [1.807, 2.05) is 24.5 Å². The highest BCUT2D eigenvalue weighted by Crippen LogP contribution is 2.35. The normalized spacial score (nSPS) is 18.1. The molecular formula is C25H28N4O5. The van der Waals surface area contributed by atoms with Gasteiger partial charge in [0.1, 0.15) is 11.9 Å². The number of aryl methyl sites for hydroxylation is 2. The second kappa shape index (κ2) is 10.6. The third-order valence-electron chi connectivity index (χ3n) is 6.15. The number of ether oxygens (including phenoxy) is 1. The molecule has 0 spiro atoms. The lowest BCUT2D eigenvalue weighted by Crippen LogP contribution is -2.35. The van der Waals surface area contributed by atoms with Gasteiger partial charge in [-0.25, -0.2) is 14.6 Å². The molecule has 4 heterocycles. The number of likely N-dealkylation sites (tertiary alicyclic amines) is 1. The van der Waals surface area contributed by atoms with Crippen LogP contribution in [0.3, 0.4) is 0 Å². The Bertz CT molecular complexity index is 1130. The molecule has 9 heteroatoms. The Morgan fingerprint density at radius 2 is 1.68 bits per heavy atom. The molecule has 0 saturated carbocycles. The number of nitrogens with zero attached hydrogens (tertiary/aromatic N) is 4. The fraction of sp³-hybridized carbons (Fsp3) is 0.360. The van der Waals surface area contributed by atoms with Gasteiger partial charge >= 0.3 is 11.9 Å². The van der Waals surface area contributed by atoms with Gasteiger partial charge in [-0.1, -0.05) is 24.3 Å². The molecule has 0 radical (unpaired) electrons. The fourth-order valence-corrected chi connectivity index (χ4v) is 4.33. The van der Waals surface area contributed by atoms with Gasteiger partial charge in [0, 0.05) is 43.8 Å². The number of imidazole rings is 1. The van der Waals surface area contributed by atoms with Crippen molar-refractivity contribution in [3.8, 4) is 11.3 Å². The van der Waals surface area contributed by atoms with Gasteiger partial charge in [-0.3, -0.25) is 4.98 Å². The van der Waals surface area contributed by atoms with E-state index in [0.717, 1.165) is 56.0 Å². The first kappa shape index (κ1) is 23.6. The van der Waals surface area contributed by atoms with E-state index in [2.05, 4.69) is 52.0 Å². The molecule has 2 N–H and O–H groups in total. The van der Waals surface area contributed by atoms with Crippen molar-refractivity contribution in [1.29, 1.82) is 0 Å². The maximum absolute atomic E-state index is 9.10. The summed E-state index contributed by atoms with van der Waals surface area (Å²) < 4.78 is 9.03. The van der Waals surface area contributed by atoms with Crippen molar-refractivity contribution in [3.63, 3.8) is 0 Å². The maximum atomic E-state index is 9.10. The smallest absolute Gasteiger partial charge is 0.414 e. The molecule has 1 atom stereocenters. The van der Waals surface area contributed by atoms with Crippen molar-refractivity contribution in [1.82, 2.24) is 19.4 Å². The van der Waals surface area contributed by atoms with Crippen molar-refractivity contribution in [3.05, 3.63) is 71.9 Å². The van der Waals surface area contributed by atoms with Crippen LogP contribution in [0, 0.1) is 0 Å². The molecule has 2 aliphatic heterocycles. The standard InChI is InChI=1S/C23H26N4O.C2H2O4/c1-26-13-9-19(10-14-26)28-22-20-5-3-2-4-17(20)8-15-27-16-21(25-23(22)27)18-6-11-24-12-7-18;3-1(4)2(5)6/h2-7,11-12,16,19,22H,8-10,13-15H2,1H3;(H,3,4)(H,5,6). The van der Waals surface area contributed by atoms with Crippen LogP contribution in [0.4, 0.5) is 0 Å². The largest absolute Gasteiger partial charge is 0.473 e. The summed E-state index contributed by atoms with van der Waals surface area (Å²) in [6.07, 6.45) is 9.14. The van der Waals surface area contributed by atoms with Crippen LogP contribution in [0.2, 0.25) is 0 Å². The van der Waals surface area contributed by atoms with Crippen molar-refractivity contribution in [2.24, 2.45) is 0 Å². The summed E-state index contributed by atoms with van der Waals surface area (Å²) in [5.41, 5.74) is 4.74. The van der Waals surface area contributed by atoms with Gasteiger partial charge in [-0.15, -0.1) is 0 Å². The average molecular weight is 465 g/mol. The number of pyridine rings is 1. The quantitative estimate of drug-likeness (QED) is 0.568. The summed E-state index contributed by atoms with van der Waals surface area (Å²) in [6.45, 7) is 3.11. The highest BCUT2D eigenvalue weighted by Gasteiger charge is 2.30. The Morgan fingerprint density at radius 3 is 2.35 bits per heavy atom. The number of aliphatic carboxylic acids is 2. The molecule has 3 aromatic rings. The predicted molar refractivity (Wildman–Crippen MR) is 124 cm³/mol. The molecule has 2 aromatic heterocycles. The maximum Gasteiger partial charge on any atom is 0.414 e. The summed E-state index contributed by atoms with van der Waals surface area (Å²) in [4.78, 5) is 29.8. The second-order valence-electron chi connectivity index (χ2n) is 8.49. The summed E-state index contributed by atoms with van der Waals surface area (Å²) in [7, 11) is 2.19. The molecule has 1 aromatic carbocycles.